The zero-order valence-corrected chi connectivity index (χ0v) is 21.4. The van der Waals surface area contributed by atoms with E-state index in [1.165, 1.54) is 6.92 Å². The van der Waals surface area contributed by atoms with E-state index >= 15 is 0 Å². The van der Waals surface area contributed by atoms with Crippen molar-refractivity contribution >= 4 is 46.9 Å². The van der Waals surface area contributed by atoms with Crippen LogP contribution in [0.2, 0.25) is 0 Å². The molecule has 0 aliphatic rings. The number of benzene rings is 3. The number of halogens is 1. The van der Waals surface area contributed by atoms with Crippen LogP contribution in [0.4, 0.5) is 0 Å². The number of fused-ring (bicyclic) bond motifs is 1. The topological polar surface area (TPSA) is 149 Å². The molecule has 0 fully saturated rings. The maximum Gasteiger partial charge on any atom is 0.334 e. The van der Waals surface area contributed by atoms with Crippen molar-refractivity contribution in [1.29, 1.82) is 0 Å². The van der Waals surface area contributed by atoms with Gasteiger partial charge in [-0.3, -0.25) is 14.6 Å². The first-order chi connectivity index (χ1) is 17.3. The van der Waals surface area contributed by atoms with Crippen LogP contribution in [0.5, 0.6) is 5.75 Å². The molecule has 0 saturated heterocycles. The second-order valence-corrected chi connectivity index (χ2v) is 8.35. The fourth-order valence-corrected chi connectivity index (χ4v) is 3.79. The van der Waals surface area contributed by atoms with E-state index in [0.29, 0.717) is 12.2 Å². The highest BCUT2D eigenvalue weighted by atomic mass is 35.5. The number of hydrogen-bond acceptors (Lipinski definition) is 5. The molecule has 3 aromatic carbocycles. The molecule has 9 nitrogen and oxygen atoms in total. The van der Waals surface area contributed by atoms with Crippen molar-refractivity contribution in [3.63, 3.8) is 0 Å². The van der Waals surface area contributed by atoms with Crippen LogP contribution in [0.25, 0.3) is 10.8 Å². The summed E-state index contributed by atoms with van der Waals surface area (Å²) in [5.41, 5.74) is 11.7. The first-order valence-electron chi connectivity index (χ1n) is 11.7. The normalized spacial score (nSPS) is 11.9. The Hall–Kier alpha value is -4.11. The maximum atomic E-state index is 13.2. The number of carbonyl (C=O) groups excluding carboxylic acids is 3. The monoisotopic (exact) mass is 525 g/mol. The standard InChI is InChI=1S/C27H31N5O4.ClH/c1-18(33)31-23(17-19-9-3-2-4-10-19)25(34)32-22(14-8-16-30-27(28)29)26(35)36-24-15-7-12-20-11-5-6-13-21(20)24;/h2-7,9-13,15,22-23H,8,14,16-17H2,1H3,(H,31,33)(H,32,34)(H4,28,29,30);1H/t22-,23-;/m0./s1. The van der Waals surface area contributed by atoms with Gasteiger partial charge >= 0.3 is 5.97 Å². The van der Waals surface area contributed by atoms with E-state index in [0.717, 1.165) is 16.3 Å². The average molecular weight is 526 g/mol. The van der Waals surface area contributed by atoms with E-state index in [9.17, 15) is 14.4 Å². The molecule has 0 aromatic heterocycles. The number of hydrogen-bond donors (Lipinski definition) is 4. The Balaban J connectivity index is 0.00000481. The molecule has 37 heavy (non-hydrogen) atoms. The number of nitrogens with one attached hydrogen (secondary N) is 2. The molecule has 0 saturated carbocycles. The van der Waals surface area contributed by atoms with Crippen molar-refractivity contribution in [2.24, 2.45) is 16.5 Å². The van der Waals surface area contributed by atoms with Crippen LogP contribution in [0, 0.1) is 0 Å². The Bertz CT molecular complexity index is 1230. The quantitative estimate of drug-likeness (QED) is 0.0993. The van der Waals surface area contributed by atoms with E-state index in [2.05, 4.69) is 15.6 Å². The molecule has 0 radical (unpaired) electrons. The number of guanidine groups is 1. The molecule has 0 aliphatic heterocycles. The second kappa shape index (κ2) is 14.4. The molecule has 0 bridgehead atoms. The van der Waals surface area contributed by atoms with E-state index in [4.69, 9.17) is 16.2 Å². The summed E-state index contributed by atoms with van der Waals surface area (Å²) in [4.78, 5) is 42.1. The highest BCUT2D eigenvalue weighted by Gasteiger charge is 2.28. The summed E-state index contributed by atoms with van der Waals surface area (Å²) < 4.78 is 5.72. The highest BCUT2D eigenvalue weighted by Crippen LogP contribution is 2.25. The average Bonchev–Trinajstić information content (AvgIpc) is 2.85. The summed E-state index contributed by atoms with van der Waals surface area (Å²) in [6, 6.07) is 20.4. The van der Waals surface area contributed by atoms with Crippen LogP contribution in [0.15, 0.2) is 77.8 Å². The van der Waals surface area contributed by atoms with Gasteiger partial charge in [-0.1, -0.05) is 66.7 Å². The van der Waals surface area contributed by atoms with Crippen molar-refractivity contribution < 1.29 is 19.1 Å². The summed E-state index contributed by atoms with van der Waals surface area (Å²) in [6.07, 6.45) is 0.937. The molecule has 6 N–H and O–H groups in total. The van der Waals surface area contributed by atoms with Crippen LogP contribution in [0.1, 0.15) is 25.3 Å². The van der Waals surface area contributed by atoms with E-state index in [1.54, 1.807) is 12.1 Å². The van der Waals surface area contributed by atoms with Gasteiger partial charge in [-0.2, -0.15) is 0 Å². The van der Waals surface area contributed by atoms with Crippen molar-refractivity contribution in [2.45, 2.75) is 38.3 Å². The van der Waals surface area contributed by atoms with Crippen LogP contribution >= 0.6 is 12.4 Å². The molecule has 10 heteroatoms. The van der Waals surface area contributed by atoms with Gasteiger partial charge < -0.3 is 26.8 Å². The Labute approximate surface area is 222 Å². The number of ether oxygens (including phenoxy) is 1. The van der Waals surface area contributed by atoms with Crippen molar-refractivity contribution in [1.82, 2.24) is 10.6 Å². The number of esters is 1. The SMILES string of the molecule is CC(=O)N[C@@H](Cc1ccccc1)C(=O)N[C@@H](CCCN=C(N)N)C(=O)Oc1cccc2ccccc12.Cl. The lowest BCUT2D eigenvalue weighted by molar-refractivity contribution is -0.140. The molecule has 0 unspecified atom stereocenters. The molecule has 2 atom stereocenters. The van der Waals surface area contributed by atoms with E-state index < -0.39 is 24.0 Å². The van der Waals surface area contributed by atoms with Gasteiger partial charge in [-0.25, -0.2) is 4.79 Å². The van der Waals surface area contributed by atoms with Gasteiger partial charge in [0.05, 0.1) is 0 Å². The lowest BCUT2D eigenvalue weighted by Crippen LogP contribution is -2.52. The zero-order chi connectivity index (χ0) is 25.9. The minimum atomic E-state index is -0.974. The number of nitrogens with zero attached hydrogens (tertiary/aromatic N) is 1. The Morgan fingerprint density at radius 1 is 0.892 bits per heavy atom. The Morgan fingerprint density at radius 3 is 2.27 bits per heavy atom. The number of amides is 2. The lowest BCUT2D eigenvalue weighted by atomic mass is 10.0. The summed E-state index contributed by atoms with van der Waals surface area (Å²) in [7, 11) is 0. The highest BCUT2D eigenvalue weighted by molar-refractivity contribution is 5.93. The number of aliphatic imine (C=N–C) groups is 1. The fraction of sp³-hybridized carbons (Fsp3) is 0.259. The van der Waals surface area contributed by atoms with Crippen molar-refractivity contribution in [2.75, 3.05) is 6.54 Å². The molecule has 3 aromatic rings. The van der Waals surface area contributed by atoms with Crippen LogP contribution in [0.3, 0.4) is 0 Å². The predicted molar refractivity (Wildman–Crippen MR) is 146 cm³/mol. The summed E-state index contributed by atoms with van der Waals surface area (Å²) in [5.74, 6) is -1.12. The maximum absolute atomic E-state index is 13.2. The van der Waals surface area contributed by atoms with Crippen LogP contribution < -0.4 is 26.8 Å². The van der Waals surface area contributed by atoms with Gasteiger partial charge in [0.2, 0.25) is 11.8 Å². The number of rotatable bonds is 11. The molecule has 3 rings (SSSR count). The van der Waals surface area contributed by atoms with Crippen LogP contribution in [-0.2, 0) is 20.8 Å². The minimum absolute atomic E-state index is 0. The summed E-state index contributed by atoms with van der Waals surface area (Å²) in [6.45, 7) is 1.63. The predicted octanol–water partition coefficient (Wildman–Crippen LogP) is 2.45. The molecule has 0 spiro atoms. The largest absolute Gasteiger partial charge is 0.424 e. The molecule has 0 heterocycles. The zero-order valence-electron chi connectivity index (χ0n) is 20.6. The lowest BCUT2D eigenvalue weighted by Gasteiger charge is -2.22. The summed E-state index contributed by atoms with van der Waals surface area (Å²) >= 11 is 0. The number of nitrogens with two attached hydrogens (primary N) is 2. The van der Waals surface area contributed by atoms with Gasteiger partial charge in [0.25, 0.3) is 0 Å². The van der Waals surface area contributed by atoms with Crippen LogP contribution in [-0.4, -0.2) is 42.4 Å². The van der Waals surface area contributed by atoms with E-state index in [1.807, 2.05) is 60.7 Å². The molecular weight excluding hydrogens is 494 g/mol. The summed E-state index contributed by atoms with van der Waals surface area (Å²) in [5, 5.41) is 7.13. The Morgan fingerprint density at radius 2 is 1.57 bits per heavy atom. The molecular formula is C27H32ClN5O4. The Kier molecular flexibility index (Phi) is 11.4. The third-order valence-electron chi connectivity index (χ3n) is 5.48. The minimum Gasteiger partial charge on any atom is -0.424 e. The first-order valence-corrected chi connectivity index (χ1v) is 11.7. The fourth-order valence-electron chi connectivity index (χ4n) is 3.79. The molecule has 0 aliphatic carbocycles. The third kappa shape index (κ3) is 9.12. The van der Waals surface area contributed by atoms with Gasteiger partial charge in [0.15, 0.2) is 5.96 Å². The van der Waals surface area contributed by atoms with Gasteiger partial charge in [0.1, 0.15) is 17.8 Å². The van der Waals surface area contributed by atoms with Crippen molar-refractivity contribution in [3.8, 4) is 5.75 Å². The molecule has 196 valence electrons. The van der Waals surface area contributed by atoms with Crippen molar-refractivity contribution in [3.05, 3.63) is 78.4 Å². The first kappa shape index (κ1) is 29.1. The van der Waals surface area contributed by atoms with Gasteiger partial charge in [-0.05, 0) is 29.9 Å². The second-order valence-electron chi connectivity index (χ2n) is 8.35. The van der Waals surface area contributed by atoms with E-state index in [-0.39, 0.29) is 43.7 Å². The van der Waals surface area contributed by atoms with Gasteiger partial charge in [-0.15, -0.1) is 12.4 Å². The smallest absolute Gasteiger partial charge is 0.334 e. The van der Waals surface area contributed by atoms with Gasteiger partial charge in [0, 0.05) is 25.3 Å². The number of carbonyl (C=O) groups is 3. The molecule has 2 amide bonds. The third-order valence-corrected chi connectivity index (χ3v) is 5.48.